The van der Waals surface area contributed by atoms with E-state index < -0.39 is 0 Å². The van der Waals surface area contributed by atoms with Crippen LogP contribution in [0.2, 0.25) is 10.0 Å². The maximum absolute atomic E-state index is 12.1. The summed E-state index contributed by atoms with van der Waals surface area (Å²) in [6.07, 6.45) is 1.86. The van der Waals surface area contributed by atoms with Gasteiger partial charge in [-0.15, -0.1) is 0 Å². The highest BCUT2D eigenvalue weighted by atomic mass is 79.9. The highest BCUT2D eigenvalue weighted by Gasteiger charge is 2.13. The number of rotatable bonds is 3. The lowest BCUT2D eigenvalue weighted by Crippen LogP contribution is -2.05. The molecule has 0 aliphatic rings. The highest BCUT2D eigenvalue weighted by Crippen LogP contribution is 2.26. The van der Waals surface area contributed by atoms with Gasteiger partial charge in [0.1, 0.15) is 0 Å². The molecule has 0 radical (unpaired) electrons. The molecule has 5 heteroatoms. The molecular weight excluding hydrogens is 337 g/mol. The van der Waals surface area contributed by atoms with Crippen molar-refractivity contribution < 1.29 is 4.79 Å². The van der Waals surface area contributed by atoms with E-state index in [1.165, 1.54) is 0 Å². The number of pyridine rings is 1. The maximum Gasteiger partial charge on any atom is 0.170 e. The van der Waals surface area contributed by atoms with Crippen LogP contribution in [0.4, 0.5) is 0 Å². The van der Waals surface area contributed by atoms with Crippen molar-refractivity contribution in [1.82, 2.24) is 4.98 Å². The summed E-state index contributed by atoms with van der Waals surface area (Å²) in [4.78, 5) is 16.2. The number of carbonyl (C=O) groups is 1. The van der Waals surface area contributed by atoms with Crippen molar-refractivity contribution in [3.63, 3.8) is 0 Å². The first-order valence-corrected chi connectivity index (χ1v) is 6.70. The number of aromatic nitrogens is 1. The molecule has 1 aromatic carbocycles. The summed E-state index contributed by atoms with van der Waals surface area (Å²) in [7, 11) is 0. The van der Waals surface area contributed by atoms with Crippen molar-refractivity contribution >= 4 is 44.9 Å². The lowest BCUT2D eigenvalue weighted by atomic mass is 10.1. The van der Waals surface area contributed by atoms with Crippen molar-refractivity contribution in [2.24, 2.45) is 0 Å². The molecule has 0 aliphatic heterocycles. The van der Waals surface area contributed by atoms with Crippen molar-refractivity contribution in [2.75, 3.05) is 0 Å². The van der Waals surface area contributed by atoms with Gasteiger partial charge < -0.3 is 0 Å². The fourth-order valence-electron chi connectivity index (χ4n) is 1.49. The average Bonchev–Trinajstić information content (AvgIpc) is 2.35. The van der Waals surface area contributed by atoms with E-state index in [1.807, 2.05) is 6.07 Å². The van der Waals surface area contributed by atoms with Crippen molar-refractivity contribution in [3.05, 3.63) is 62.3 Å². The minimum atomic E-state index is -0.0997. The first-order valence-electron chi connectivity index (χ1n) is 5.15. The number of ketones is 1. The third-order valence-electron chi connectivity index (χ3n) is 2.38. The summed E-state index contributed by atoms with van der Waals surface area (Å²) in [5.74, 6) is -0.0997. The zero-order chi connectivity index (χ0) is 13.1. The van der Waals surface area contributed by atoms with Gasteiger partial charge in [-0.1, -0.05) is 29.3 Å². The average molecular weight is 345 g/mol. The normalized spacial score (nSPS) is 10.4. The Kier molecular flexibility index (Phi) is 4.38. The first-order chi connectivity index (χ1) is 8.58. The molecule has 0 spiro atoms. The van der Waals surface area contributed by atoms with Crippen LogP contribution in [0.3, 0.4) is 0 Å². The van der Waals surface area contributed by atoms with E-state index in [-0.39, 0.29) is 12.2 Å². The van der Waals surface area contributed by atoms with Crippen LogP contribution in [-0.2, 0) is 6.42 Å². The van der Waals surface area contributed by atoms with Crippen molar-refractivity contribution in [1.29, 1.82) is 0 Å². The molecule has 0 bridgehead atoms. The second-order valence-corrected chi connectivity index (χ2v) is 5.37. The number of hydrogen-bond donors (Lipinski definition) is 0. The molecule has 18 heavy (non-hydrogen) atoms. The molecule has 1 heterocycles. The molecule has 2 rings (SSSR count). The minimum absolute atomic E-state index is 0.0997. The van der Waals surface area contributed by atoms with Crippen LogP contribution in [0.15, 0.2) is 41.0 Å². The van der Waals surface area contributed by atoms with E-state index in [0.29, 0.717) is 21.3 Å². The maximum atomic E-state index is 12.1. The topological polar surface area (TPSA) is 30.0 Å². The lowest BCUT2D eigenvalue weighted by Gasteiger charge is -2.04. The van der Waals surface area contributed by atoms with Crippen LogP contribution in [0, 0.1) is 0 Å². The quantitative estimate of drug-likeness (QED) is 0.763. The predicted octanol–water partition coefficient (Wildman–Crippen LogP) is 4.58. The standard InChI is InChI=1S/C13H8BrCl2NO/c14-8-4-5-9(17-7-8)6-12(18)10-2-1-3-11(15)13(10)16/h1-5,7H,6H2. The van der Waals surface area contributed by atoms with Crippen LogP contribution in [-0.4, -0.2) is 10.8 Å². The Morgan fingerprint density at radius 1 is 1.22 bits per heavy atom. The third kappa shape index (κ3) is 3.10. The summed E-state index contributed by atoms with van der Waals surface area (Å²) in [5.41, 5.74) is 1.12. The zero-order valence-corrected chi connectivity index (χ0v) is 12.3. The largest absolute Gasteiger partial charge is 0.294 e. The van der Waals surface area contributed by atoms with Crippen LogP contribution in [0.1, 0.15) is 16.1 Å². The molecule has 0 saturated heterocycles. The van der Waals surface area contributed by atoms with Crippen LogP contribution < -0.4 is 0 Å². The number of halogens is 3. The molecule has 0 aliphatic carbocycles. The van der Waals surface area contributed by atoms with Crippen LogP contribution in [0.25, 0.3) is 0 Å². The smallest absolute Gasteiger partial charge is 0.170 e. The third-order valence-corrected chi connectivity index (χ3v) is 3.67. The summed E-state index contributed by atoms with van der Waals surface area (Å²) in [6, 6.07) is 8.65. The molecule has 0 amide bonds. The Morgan fingerprint density at radius 3 is 2.67 bits per heavy atom. The monoisotopic (exact) mass is 343 g/mol. The summed E-state index contributed by atoms with van der Waals surface area (Å²) in [6.45, 7) is 0. The van der Waals surface area contributed by atoms with Gasteiger partial charge in [-0.3, -0.25) is 9.78 Å². The van der Waals surface area contributed by atoms with Gasteiger partial charge in [0.25, 0.3) is 0 Å². The first kappa shape index (κ1) is 13.5. The van der Waals surface area contributed by atoms with Gasteiger partial charge in [0.15, 0.2) is 5.78 Å². The van der Waals surface area contributed by atoms with Gasteiger partial charge in [0.2, 0.25) is 0 Å². The molecule has 2 nitrogen and oxygen atoms in total. The van der Waals surface area contributed by atoms with E-state index in [0.717, 1.165) is 4.47 Å². The van der Waals surface area contributed by atoms with Crippen LogP contribution in [0.5, 0.6) is 0 Å². The number of hydrogen-bond acceptors (Lipinski definition) is 2. The fourth-order valence-corrected chi connectivity index (χ4v) is 2.13. The summed E-state index contributed by atoms with van der Waals surface area (Å²) < 4.78 is 0.875. The molecule has 1 aromatic heterocycles. The van der Waals surface area contributed by atoms with Crippen molar-refractivity contribution in [3.8, 4) is 0 Å². The minimum Gasteiger partial charge on any atom is -0.294 e. The van der Waals surface area contributed by atoms with Gasteiger partial charge in [-0.2, -0.15) is 0 Å². The molecule has 0 saturated carbocycles. The van der Waals surface area contributed by atoms with E-state index >= 15 is 0 Å². The second-order valence-electron chi connectivity index (χ2n) is 3.67. The molecule has 0 atom stereocenters. The Labute approximate surface area is 123 Å². The van der Waals surface area contributed by atoms with E-state index in [9.17, 15) is 4.79 Å². The molecule has 0 N–H and O–H groups in total. The predicted molar refractivity (Wildman–Crippen MR) is 76.4 cm³/mol. The molecule has 0 fully saturated rings. The Morgan fingerprint density at radius 2 is 2.00 bits per heavy atom. The van der Waals surface area contributed by atoms with Crippen molar-refractivity contribution in [2.45, 2.75) is 6.42 Å². The SMILES string of the molecule is O=C(Cc1ccc(Br)cn1)c1cccc(Cl)c1Cl. The molecule has 92 valence electrons. The molecule has 2 aromatic rings. The van der Waals surface area contributed by atoms with Gasteiger partial charge in [0, 0.05) is 21.9 Å². The highest BCUT2D eigenvalue weighted by molar-refractivity contribution is 9.10. The molecule has 0 unspecified atom stereocenters. The van der Waals surface area contributed by atoms with Gasteiger partial charge >= 0.3 is 0 Å². The van der Waals surface area contributed by atoms with E-state index in [4.69, 9.17) is 23.2 Å². The summed E-state index contributed by atoms with van der Waals surface area (Å²) >= 11 is 15.2. The fraction of sp³-hybridized carbons (Fsp3) is 0.0769. The lowest BCUT2D eigenvalue weighted by molar-refractivity contribution is 0.0992. The van der Waals surface area contributed by atoms with E-state index in [2.05, 4.69) is 20.9 Å². The number of nitrogens with zero attached hydrogens (tertiary/aromatic N) is 1. The zero-order valence-electron chi connectivity index (χ0n) is 9.16. The summed E-state index contributed by atoms with van der Waals surface area (Å²) in [5, 5.41) is 0.674. The Balaban J connectivity index is 2.22. The molecular formula is C13H8BrCl2NO. The number of Topliss-reactive ketones (excluding diaryl/α,β-unsaturated/α-hetero) is 1. The Hall–Kier alpha value is -0.900. The number of carbonyl (C=O) groups excluding carboxylic acids is 1. The Bertz CT molecular complexity index is 584. The van der Waals surface area contributed by atoms with Gasteiger partial charge in [0.05, 0.1) is 16.5 Å². The van der Waals surface area contributed by atoms with Gasteiger partial charge in [-0.05, 0) is 40.2 Å². The second kappa shape index (κ2) is 5.83. The van der Waals surface area contributed by atoms with E-state index in [1.54, 1.807) is 30.5 Å². The number of benzene rings is 1. The van der Waals surface area contributed by atoms with Crippen LogP contribution >= 0.6 is 39.1 Å². The van der Waals surface area contributed by atoms with Gasteiger partial charge in [-0.25, -0.2) is 0 Å².